The Bertz CT molecular complexity index is 346. The number of hydrogen-bond acceptors (Lipinski definition) is 4. The minimum Gasteiger partial charge on any atom is -0.481 e. The summed E-state index contributed by atoms with van der Waals surface area (Å²) in [5.74, 6) is 0.473. The molecule has 1 heterocycles. The third-order valence-corrected chi connectivity index (χ3v) is 1.92. The number of nitrogens with zero attached hydrogens (tertiary/aromatic N) is 3. The molecule has 5 nitrogen and oxygen atoms in total. The van der Waals surface area contributed by atoms with E-state index in [2.05, 4.69) is 10.3 Å². The molecule has 0 radical (unpaired) electrons. The van der Waals surface area contributed by atoms with E-state index in [0.717, 1.165) is 0 Å². The highest BCUT2D eigenvalue weighted by atomic mass is 35.5. The molecule has 0 atom stereocenters. The molecule has 72 valence electrons. The van der Waals surface area contributed by atoms with Gasteiger partial charge in [-0.1, -0.05) is 16.8 Å². The first-order chi connectivity index (χ1) is 6.11. The van der Waals surface area contributed by atoms with Gasteiger partial charge < -0.3 is 9.94 Å². The number of aromatic nitrogens is 2. The maximum Gasteiger partial charge on any atom is 0.222 e. The van der Waals surface area contributed by atoms with Gasteiger partial charge >= 0.3 is 0 Å². The van der Waals surface area contributed by atoms with Crippen molar-refractivity contribution in [3.63, 3.8) is 0 Å². The Balaban J connectivity index is 3.33. The second-order valence-electron chi connectivity index (χ2n) is 2.48. The van der Waals surface area contributed by atoms with E-state index >= 15 is 0 Å². The van der Waals surface area contributed by atoms with Crippen molar-refractivity contribution in [3.8, 4) is 5.88 Å². The van der Waals surface area contributed by atoms with E-state index in [-0.39, 0.29) is 5.17 Å². The summed E-state index contributed by atoms with van der Waals surface area (Å²) < 4.78 is 6.57. The highest BCUT2D eigenvalue weighted by Gasteiger charge is 2.17. The van der Waals surface area contributed by atoms with Crippen LogP contribution in [0, 0.1) is 6.92 Å². The van der Waals surface area contributed by atoms with Gasteiger partial charge in [0.2, 0.25) is 5.88 Å². The van der Waals surface area contributed by atoms with Crippen LogP contribution in [0.3, 0.4) is 0 Å². The van der Waals surface area contributed by atoms with Crippen LogP contribution in [0.1, 0.15) is 11.3 Å². The molecule has 0 spiro atoms. The maximum absolute atomic E-state index is 8.51. The number of hydrogen-bond donors (Lipinski definition) is 1. The van der Waals surface area contributed by atoms with Gasteiger partial charge in [-0.15, -0.1) is 0 Å². The molecule has 1 aromatic rings. The molecule has 0 saturated carbocycles. The fourth-order valence-electron chi connectivity index (χ4n) is 1.16. The van der Waals surface area contributed by atoms with E-state index in [4.69, 9.17) is 21.5 Å². The molecular formula is C7H10ClN3O2. The van der Waals surface area contributed by atoms with E-state index in [9.17, 15) is 0 Å². The van der Waals surface area contributed by atoms with Crippen LogP contribution in [0.15, 0.2) is 5.16 Å². The van der Waals surface area contributed by atoms with Crippen molar-refractivity contribution < 1.29 is 9.94 Å². The summed E-state index contributed by atoms with van der Waals surface area (Å²) in [6, 6.07) is 0. The van der Waals surface area contributed by atoms with E-state index in [0.29, 0.717) is 17.1 Å². The molecule has 13 heavy (non-hydrogen) atoms. The molecule has 0 bridgehead atoms. The maximum atomic E-state index is 8.51. The third kappa shape index (κ3) is 1.60. The molecule has 0 aliphatic rings. The average Bonchev–Trinajstić information content (AvgIpc) is 2.39. The zero-order valence-electron chi connectivity index (χ0n) is 7.58. The minimum absolute atomic E-state index is 0.0255. The van der Waals surface area contributed by atoms with E-state index in [1.54, 1.807) is 14.0 Å². The highest BCUT2D eigenvalue weighted by molar-refractivity contribution is 6.69. The molecule has 0 amide bonds. The van der Waals surface area contributed by atoms with Gasteiger partial charge in [0.25, 0.3) is 0 Å². The number of halogens is 1. The van der Waals surface area contributed by atoms with Crippen LogP contribution in [0.4, 0.5) is 0 Å². The molecular weight excluding hydrogens is 194 g/mol. The van der Waals surface area contributed by atoms with Gasteiger partial charge in [-0.3, -0.25) is 0 Å². The molecule has 0 fully saturated rings. The number of rotatable bonds is 2. The van der Waals surface area contributed by atoms with Crippen molar-refractivity contribution in [1.29, 1.82) is 0 Å². The molecule has 0 aliphatic heterocycles. The van der Waals surface area contributed by atoms with Crippen LogP contribution in [0.2, 0.25) is 0 Å². The highest BCUT2D eigenvalue weighted by Crippen LogP contribution is 2.22. The average molecular weight is 204 g/mol. The van der Waals surface area contributed by atoms with Crippen molar-refractivity contribution in [2.24, 2.45) is 12.2 Å². The fraction of sp³-hybridized carbons (Fsp3) is 0.429. The van der Waals surface area contributed by atoms with Gasteiger partial charge in [0.05, 0.1) is 12.8 Å². The summed E-state index contributed by atoms with van der Waals surface area (Å²) in [6.45, 7) is 1.76. The second kappa shape index (κ2) is 3.66. The predicted octanol–water partition coefficient (Wildman–Crippen LogP) is 1.11. The monoisotopic (exact) mass is 203 g/mol. The molecule has 6 heteroatoms. The Labute approximate surface area is 80.6 Å². The fourth-order valence-corrected chi connectivity index (χ4v) is 1.38. The lowest BCUT2D eigenvalue weighted by Gasteiger charge is -2.01. The topological polar surface area (TPSA) is 59.6 Å². The summed E-state index contributed by atoms with van der Waals surface area (Å²) in [5, 5.41) is 15.4. The van der Waals surface area contributed by atoms with E-state index in [1.165, 1.54) is 11.8 Å². The summed E-state index contributed by atoms with van der Waals surface area (Å²) >= 11 is 5.66. The van der Waals surface area contributed by atoms with Gasteiger partial charge in [-0.2, -0.15) is 5.10 Å². The van der Waals surface area contributed by atoms with Crippen LogP contribution in [0.5, 0.6) is 5.88 Å². The molecule has 1 N–H and O–H groups in total. The van der Waals surface area contributed by atoms with Crippen LogP contribution < -0.4 is 4.74 Å². The van der Waals surface area contributed by atoms with Crippen LogP contribution >= 0.6 is 11.6 Å². The Kier molecular flexibility index (Phi) is 2.77. The largest absolute Gasteiger partial charge is 0.481 e. The summed E-state index contributed by atoms with van der Waals surface area (Å²) in [4.78, 5) is 0. The van der Waals surface area contributed by atoms with Crippen molar-refractivity contribution >= 4 is 16.8 Å². The first kappa shape index (κ1) is 9.85. The normalized spacial score (nSPS) is 11.8. The Morgan fingerprint density at radius 3 is 2.77 bits per heavy atom. The Hall–Kier alpha value is -1.23. The minimum atomic E-state index is -0.0255. The van der Waals surface area contributed by atoms with Gasteiger partial charge in [-0.25, -0.2) is 4.68 Å². The summed E-state index contributed by atoms with van der Waals surface area (Å²) in [5.41, 5.74) is 1.16. The lowest BCUT2D eigenvalue weighted by atomic mass is 10.3. The number of oxime groups is 1. The zero-order valence-corrected chi connectivity index (χ0v) is 8.33. The van der Waals surface area contributed by atoms with Gasteiger partial charge in [0.15, 0.2) is 5.17 Å². The number of aryl methyl sites for hydroxylation is 2. The second-order valence-corrected chi connectivity index (χ2v) is 2.84. The molecule has 0 saturated heterocycles. The standard InChI is InChI=1S/C7H10ClN3O2/c1-4-5(6(8)10-12)7(13-3)11(2)9-4/h12H,1-3H3. The quantitative estimate of drug-likeness (QED) is 0.445. The summed E-state index contributed by atoms with van der Waals surface area (Å²) in [7, 11) is 3.22. The lowest BCUT2D eigenvalue weighted by Crippen LogP contribution is -1.99. The van der Waals surface area contributed by atoms with Crippen LogP contribution in [-0.2, 0) is 7.05 Å². The smallest absolute Gasteiger partial charge is 0.222 e. The van der Waals surface area contributed by atoms with E-state index < -0.39 is 0 Å². The molecule has 0 unspecified atom stereocenters. The molecule has 0 aromatic carbocycles. The molecule has 1 aromatic heterocycles. The Morgan fingerprint density at radius 1 is 1.69 bits per heavy atom. The SMILES string of the molecule is COc1c(C(Cl)=NO)c(C)nn1C. The molecule has 1 rings (SSSR count). The van der Waals surface area contributed by atoms with E-state index in [1.807, 2.05) is 0 Å². The number of ether oxygens (including phenoxy) is 1. The van der Waals surface area contributed by atoms with Crippen molar-refractivity contribution in [2.45, 2.75) is 6.92 Å². The predicted molar refractivity (Wildman–Crippen MR) is 48.7 cm³/mol. The third-order valence-electron chi connectivity index (χ3n) is 1.66. The summed E-state index contributed by atoms with van der Waals surface area (Å²) in [6.07, 6.45) is 0. The van der Waals surface area contributed by atoms with Gasteiger partial charge in [0, 0.05) is 7.05 Å². The lowest BCUT2D eigenvalue weighted by molar-refractivity contribution is 0.320. The van der Waals surface area contributed by atoms with Crippen molar-refractivity contribution in [3.05, 3.63) is 11.3 Å². The number of methoxy groups -OCH3 is 1. The van der Waals surface area contributed by atoms with Crippen LogP contribution in [-0.4, -0.2) is 27.3 Å². The van der Waals surface area contributed by atoms with Crippen molar-refractivity contribution in [1.82, 2.24) is 9.78 Å². The first-order valence-electron chi connectivity index (χ1n) is 3.57. The first-order valence-corrected chi connectivity index (χ1v) is 3.95. The van der Waals surface area contributed by atoms with Gasteiger partial charge in [0.1, 0.15) is 5.56 Å². The Morgan fingerprint density at radius 2 is 2.31 bits per heavy atom. The van der Waals surface area contributed by atoms with Crippen molar-refractivity contribution in [2.75, 3.05) is 7.11 Å². The zero-order chi connectivity index (χ0) is 10.0. The van der Waals surface area contributed by atoms with Crippen LogP contribution in [0.25, 0.3) is 0 Å². The molecule has 0 aliphatic carbocycles. The van der Waals surface area contributed by atoms with Gasteiger partial charge in [-0.05, 0) is 6.92 Å².